The van der Waals surface area contributed by atoms with Gasteiger partial charge in [-0.15, -0.1) is 0 Å². The van der Waals surface area contributed by atoms with Crippen LogP contribution in [0.5, 0.6) is 5.75 Å². The van der Waals surface area contributed by atoms with Crippen molar-refractivity contribution < 1.29 is 10.2 Å². The van der Waals surface area contributed by atoms with Gasteiger partial charge in [0.25, 0.3) is 0 Å². The number of likely N-dealkylation sites (tertiary alicyclic amines) is 1. The van der Waals surface area contributed by atoms with E-state index in [1.54, 1.807) is 18.2 Å². The largest absolute Gasteiger partial charge is 0.508 e. The van der Waals surface area contributed by atoms with E-state index in [1.165, 1.54) is 12.8 Å². The SMILES string of the molecule is Oc1cccc(C(O)CN2CCCC2)c1. The Morgan fingerprint density at radius 1 is 1.27 bits per heavy atom. The molecule has 15 heavy (non-hydrogen) atoms. The van der Waals surface area contributed by atoms with Gasteiger partial charge in [0.2, 0.25) is 0 Å². The average Bonchev–Trinajstić information content (AvgIpc) is 2.70. The molecule has 1 aromatic rings. The van der Waals surface area contributed by atoms with Crippen molar-refractivity contribution in [2.75, 3.05) is 19.6 Å². The molecule has 0 spiro atoms. The molecule has 1 aromatic carbocycles. The molecule has 82 valence electrons. The highest BCUT2D eigenvalue weighted by molar-refractivity contribution is 5.28. The van der Waals surface area contributed by atoms with Crippen molar-refractivity contribution in [1.82, 2.24) is 4.90 Å². The monoisotopic (exact) mass is 207 g/mol. The Bertz CT molecular complexity index is 321. The van der Waals surface area contributed by atoms with Crippen LogP contribution >= 0.6 is 0 Å². The van der Waals surface area contributed by atoms with Crippen LogP contribution < -0.4 is 0 Å². The second-order valence-corrected chi connectivity index (χ2v) is 4.12. The second-order valence-electron chi connectivity index (χ2n) is 4.12. The number of hydrogen-bond acceptors (Lipinski definition) is 3. The minimum absolute atomic E-state index is 0.216. The molecule has 0 amide bonds. The quantitative estimate of drug-likeness (QED) is 0.789. The molecule has 2 N–H and O–H groups in total. The lowest BCUT2D eigenvalue weighted by Crippen LogP contribution is -2.25. The number of phenolic OH excluding ortho intramolecular Hbond substituents is 1. The Hall–Kier alpha value is -1.06. The van der Waals surface area contributed by atoms with Crippen LogP contribution in [0.1, 0.15) is 24.5 Å². The number of hydrogen-bond donors (Lipinski definition) is 2. The van der Waals surface area contributed by atoms with E-state index in [1.807, 2.05) is 6.07 Å². The van der Waals surface area contributed by atoms with Gasteiger partial charge in [-0.05, 0) is 43.6 Å². The molecule has 1 fully saturated rings. The number of β-amino-alcohol motifs (C(OH)–C–C–N with tert-alkyl or cyclic N) is 1. The van der Waals surface area contributed by atoms with Crippen molar-refractivity contribution in [3.05, 3.63) is 29.8 Å². The summed E-state index contributed by atoms with van der Waals surface area (Å²) in [4.78, 5) is 2.26. The van der Waals surface area contributed by atoms with Crippen LogP contribution in [0.2, 0.25) is 0 Å². The van der Waals surface area contributed by atoms with E-state index in [0.29, 0.717) is 6.54 Å². The highest BCUT2D eigenvalue weighted by atomic mass is 16.3. The summed E-state index contributed by atoms with van der Waals surface area (Å²) in [5.41, 5.74) is 0.793. The summed E-state index contributed by atoms with van der Waals surface area (Å²) in [6.45, 7) is 2.83. The minimum Gasteiger partial charge on any atom is -0.508 e. The van der Waals surface area contributed by atoms with Crippen LogP contribution in [0.4, 0.5) is 0 Å². The summed E-state index contributed by atoms with van der Waals surface area (Å²) in [5.74, 6) is 0.216. The molecule has 1 unspecified atom stereocenters. The first-order valence-corrected chi connectivity index (χ1v) is 5.45. The van der Waals surface area contributed by atoms with Gasteiger partial charge in [0.05, 0.1) is 6.10 Å². The maximum Gasteiger partial charge on any atom is 0.115 e. The molecule has 0 radical (unpaired) electrons. The smallest absolute Gasteiger partial charge is 0.115 e. The van der Waals surface area contributed by atoms with Gasteiger partial charge >= 0.3 is 0 Å². The molecule has 3 heteroatoms. The first kappa shape index (κ1) is 10.5. The third-order valence-electron chi connectivity index (χ3n) is 2.88. The number of benzene rings is 1. The first-order chi connectivity index (χ1) is 7.25. The Labute approximate surface area is 90.0 Å². The van der Waals surface area contributed by atoms with Gasteiger partial charge in [-0.1, -0.05) is 12.1 Å². The lowest BCUT2D eigenvalue weighted by molar-refractivity contribution is 0.126. The van der Waals surface area contributed by atoms with Crippen molar-refractivity contribution in [3.8, 4) is 5.75 Å². The number of aromatic hydroxyl groups is 1. The predicted octanol–water partition coefficient (Wildman–Crippen LogP) is 1.52. The zero-order valence-electron chi connectivity index (χ0n) is 8.76. The Morgan fingerprint density at radius 3 is 2.67 bits per heavy atom. The van der Waals surface area contributed by atoms with Crippen LogP contribution in [0.3, 0.4) is 0 Å². The third-order valence-corrected chi connectivity index (χ3v) is 2.88. The fourth-order valence-corrected chi connectivity index (χ4v) is 2.05. The Morgan fingerprint density at radius 2 is 2.00 bits per heavy atom. The van der Waals surface area contributed by atoms with Gasteiger partial charge in [-0.25, -0.2) is 0 Å². The fourth-order valence-electron chi connectivity index (χ4n) is 2.05. The van der Waals surface area contributed by atoms with E-state index >= 15 is 0 Å². The van der Waals surface area contributed by atoms with E-state index in [2.05, 4.69) is 4.90 Å². The van der Waals surface area contributed by atoms with Crippen LogP contribution in [0.15, 0.2) is 24.3 Å². The van der Waals surface area contributed by atoms with Gasteiger partial charge in [-0.2, -0.15) is 0 Å². The van der Waals surface area contributed by atoms with Crippen molar-refractivity contribution in [2.24, 2.45) is 0 Å². The zero-order chi connectivity index (χ0) is 10.7. The van der Waals surface area contributed by atoms with Gasteiger partial charge in [0.1, 0.15) is 5.75 Å². The van der Waals surface area contributed by atoms with Gasteiger partial charge < -0.3 is 15.1 Å². The predicted molar refractivity (Wildman–Crippen MR) is 58.7 cm³/mol. The maximum absolute atomic E-state index is 9.95. The molecule has 0 aliphatic carbocycles. The fraction of sp³-hybridized carbons (Fsp3) is 0.500. The summed E-state index contributed by atoms with van der Waals surface area (Å²) in [6.07, 6.45) is 1.97. The molecular formula is C12H17NO2. The van der Waals surface area contributed by atoms with Gasteiger partial charge in [0, 0.05) is 6.54 Å². The molecule has 1 atom stereocenters. The number of aliphatic hydroxyl groups is 1. The number of phenols is 1. The summed E-state index contributed by atoms with van der Waals surface area (Å²) >= 11 is 0. The first-order valence-electron chi connectivity index (χ1n) is 5.45. The summed E-state index contributed by atoms with van der Waals surface area (Å²) in [7, 11) is 0. The molecule has 0 bridgehead atoms. The van der Waals surface area contributed by atoms with Crippen LogP contribution in [-0.2, 0) is 0 Å². The van der Waals surface area contributed by atoms with Gasteiger partial charge in [0.15, 0.2) is 0 Å². The van der Waals surface area contributed by atoms with Crippen molar-refractivity contribution >= 4 is 0 Å². The average molecular weight is 207 g/mol. The molecule has 3 nitrogen and oxygen atoms in total. The van der Waals surface area contributed by atoms with Crippen LogP contribution in [0.25, 0.3) is 0 Å². The normalized spacial score (nSPS) is 19.3. The molecular weight excluding hydrogens is 190 g/mol. The van der Waals surface area contributed by atoms with Gasteiger partial charge in [-0.3, -0.25) is 0 Å². The van der Waals surface area contributed by atoms with Crippen molar-refractivity contribution in [2.45, 2.75) is 18.9 Å². The molecule has 0 saturated carbocycles. The topological polar surface area (TPSA) is 43.7 Å². The number of nitrogens with zero attached hydrogens (tertiary/aromatic N) is 1. The zero-order valence-corrected chi connectivity index (χ0v) is 8.76. The van der Waals surface area contributed by atoms with E-state index in [0.717, 1.165) is 18.7 Å². The highest BCUT2D eigenvalue weighted by Gasteiger charge is 2.16. The van der Waals surface area contributed by atoms with Crippen LogP contribution in [-0.4, -0.2) is 34.7 Å². The molecule has 1 aliphatic rings. The third kappa shape index (κ3) is 2.70. The summed E-state index contributed by atoms with van der Waals surface area (Å²) in [5, 5.41) is 19.3. The molecule has 2 rings (SSSR count). The molecule has 1 saturated heterocycles. The molecule has 0 aromatic heterocycles. The van der Waals surface area contributed by atoms with Crippen molar-refractivity contribution in [1.29, 1.82) is 0 Å². The maximum atomic E-state index is 9.95. The lowest BCUT2D eigenvalue weighted by Gasteiger charge is -2.19. The summed E-state index contributed by atoms with van der Waals surface area (Å²) in [6, 6.07) is 6.85. The highest BCUT2D eigenvalue weighted by Crippen LogP contribution is 2.20. The number of rotatable bonds is 3. The lowest BCUT2D eigenvalue weighted by atomic mass is 10.1. The minimum atomic E-state index is -0.491. The second kappa shape index (κ2) is 4.64. The molecule has 1 heterocycles. The van der Waals surface area contributed by atoms with E-state index in [9.17, 15) is 10.2 Å². The Kier molecular flexibility index (Phi) is 3.23. The Balaban J connectivity index is 1.97. The van der Waals surface area contributed by atoms with E-state index in [4.69, 9.17) is 0 Å². The van der Waals surface area contributed by atoms with Crippen molar-refractivity contribution in [3.63, 3.8) is 0 Å². The van der Waals surface area contributed by atoms with E-state index < -0.39 is 6.10 Å². The van der Waals surface area contributed by atoms with E-state index in [-0.39, 0.29) is 5.75 Å². The van der Waals surface area contributed by atoms with Crippen LogP contribution in [0, 0.1) is 0 Å². The molecule has 1 aliphatic heterocycles. The number of aliphatic hydroxyl groups excluding tert-OH is 1. The summed E-state index contributed by atoms with van der Waals surface area (Å²) < 4.78 is 0. The standard InChI is InChI=1S/C12H17NO2/c14-11-5-3-4-10(8-11)12(15)9-13-6-1-2-7-13/h3-5,8,12,14-15H,1-2,6-7,9H2.